The Balaban J connectivity index is 1.50. The minimum Gasteiger partial charge on any atom is -0.508 e. The van der Waals surface area contributed by atoms with E-state index in [1.54, 1.807) is 36.4 Å². The fourth-order valence-corrected chi connectivity index (χ4v) is 2.79. The zero-order chi connectivity index (χ0) is 16.8. The van der Waals surface area contributed by atoms with E-state index in [9.17, 15) is 9.90 Å². The third kappa shape index (κ3) is 4.33. The molecule has 0 bridgehead atoms. The van der Waals surface area contributed by atoms with Gasteiger partial charge in [-0.1, -0.05) is 18.2 Å². The highest BCUT2D eigenvalue weighted by molar-refractivity contribution is 7.09. The number of phenols is 1. The predicted octanol–water partition coefficient (Wildman–Crippen LogP) is 3.21. The van der Waals surface area contributed by atoms with Crippen molar-refractivity contribution in [3.63, 3.8) is 0 Å². The van der Waals surface area contributed by atoms with E-state index < -0.39 is 0 Å². The van der Waals surface area contributed by atoms with E-state index in [0.717, 1.165) is 16.3 Å². The highest BCUT2D eigenvalue weighted by Crippen LogP contribution is 2.23. The van der Waals surface area contributed by atoms with Crippen LogP contribution >= 0.6 is 11.3 Å². The molecule has 0 fully saturated rings. The normalized spacial score (nSPS) is 10.3. The summed E-state index contributed by atoms with van der Waals surface area (Å²) in [5, 5.41) is 14.8. The zero-order valence-corrected chi connectivity index (χ0v) is 13.6. The Labute approximate surface area is 143 Å². The summed E-state index contributed by atoms with van der Waals surface area (Å²) in [4.78, 5) is 16.3. The van der Waals surface area contributed by atoms with Crippen molar-refractivity contribution in [1.29, 1.82) is 0 Å². The van der Waals surface area contributed by atoms with Gasteiger partial charge in [-0.05, 0) is 36.4 Å². The highest BCUT2D eigenvalue weighted by atomic mass is 32.1. The predicted molar refractivity (Wildman–Crippen MR) is 93.0 cm³/mol. The second-order valence-electron chi connectivity index (χ2n) is 5.05. The van der Waals surface area contributed by atoms with Gasteiger partial charge in [-0.25, -0.2) is 4.98 Å². The number of hydrogen-bond acceptors (Lipinski definition) is 5. The van der Waals surface area contributed by atoms with Gasteiger partial charge in [0.05, 0.1) is 12.2 Å². The molecule has 0 aliphatic heterocycles. The number of benzene rings is 2. The number of para-hydroxylation sites is 1. The van der Waals surface area contributed by atoms with E-state index in [-0.39, 0.29) is 18.3 Å². The second kappa shape index (κ2) is 7.61. The van der Waals surface area contributed by atoms with Crippen LogP contribution in [0.25, 0.3) is 11.3 Å². The Kier molecular flexibility index (Phi) is 5.08. The third-order valence-electron chi connectivity index (χ3n) is 3.26. The number of nitrogens with zero attached hydrogens (tertiary/aromatic N) is 1. The summed E-state index contributed by atoms with van der Waals surface area (Å²) in [6, 6.07) is 16.1. The van der Waals surface area contributed by atoms with Crippen LogP contribution in [0, 0.1) is 0 Å². The summed E-state index contributed by atoms with van der Waals surface area (Å²) in [7, 11) is 0. The number of nitrogens with one attached hydrogen (secondary N) is 1. The summed E-state index contributed by atoms with van der Waals surface area (Å²) in [5.74, 6) is 0.691. The lowest BCUT2D eigenvalue weighted by atomic mass is 10.2. The Morgan fingerprint density at radius 3 is 2.62 bits per heavy atom. The van der Waals surface area contributed by atoms with Gasteiger partial charge in [-0.2, -0.15) is 0 Å². The molecule has 0 radical (unpaired) electrons. The van der Waals surface area contributed by atoms with Crippen LogP contribution in [0.5, 0.6) is 11.5 Å². The zero-order valence-electron chi connectivity index (χ0n) is 12.8. The topological polar surface area (TPSA) is 71.5 Å². The van der Waals surface area contributed by atoms with E-state index in [4.69, 9.17) is 4.74 Å². The maximum Gasteiger partial charge on any atom is 0.258 e. The molecule has 0 unspecified atom stereocenters. The molecule has 0 aliphatic rings. The molecule has 3 aromatic rings. The summed E-state index contributed by atoms with van der Waals surface area (Å²) in [5.41, 5.74) is 1.75. The number of rotatable bonds is 6. The fraction of sp³-hybridized carbons (Fsp3) is 0.111. The highest BCUT2D eigenvalue weighted by Gasteiger charge is 2.07. The van der Waals surface area contributed by atoms with Crippen LogP contribution in [-0.2, 0) is 11.3 Å². The summed E-state index contributed by atoms with van der Waals surface area (Å²) in [6.45, 7) is 0.333. The van der Waals surface area contributed by atoms with Crippen molar-refractivity contribution in [2.75, 3.05) is 6.61 Å². The fourth-order valence-electron chi connectivity index (χ4n) is 2.05. The van der Waals surface area contributed by atoms with Crippen LogP contribution in [0.2, 0.25) is 0 Å². The van der Waals surface area contributed by atoms with Gasteiger partial charge < -0.3 is 15.2 Å². The van der Waals surface area contributed by atoms with Crippen molar-refractivity contribution in [2.24, 2.45) is 0 Å². The Morgan fingerprint density at radius 2 is 1.88 bits per heavy atom. The summed E-state index contributed by atoms with van der Waals surface area (Å²) in [6.07, 6.45) is 0. The molecule has 6 heteroatoms. The van der Waals surface area contributed by atoms with Crippen LogP contribution in [0.15, 0.2) is 60.0 Å². The Bertz CT molecular complexity index is 801. The molecule has 2 aromatic carbocycles. The van der Waals surface area contributed by atoms with Crippen molar-refractivity contribution in [3.8, 4) is 22.8 Å². The average Bonchev–Trinajstić information content (AvgIpc) is 3.09. The van der Waals surface area contributed by atoms with Gasteiger partial charge >= 0.3 is 0 Å². The first-order chi connectivity index (χ1) is 11.7. The SMILES string of the molecule is O=C(COc1ccccc1)NCc1nc(-c2ccc(O)cc2)cs1. The van der Waals surface area contributed by atoms with Gasteiger partial charge in [-0.3, -0.25) is 4.79 Å². The number of carbonyl (C=O) groups is 1. The maximum absolute atomic E-state index is 11.8. The average molecular weight is 340 g/mol. The first kappa shape index (κ1) is 16.0. The van der Waals surface area contributed by atoms with Crippen LogP contribution < -0.4 is 10.1 Å². The van der Waals surface area contributed by atoms with E-state index in [0.29, 0.717) is 12.3 Å². The molecule has 1 amide bonds. The number of aromatic hydroxyl groups is 1. The number of thiazole rings is 1. The lowest BCUT2D eigenvalue weighted by Crippen LogP contribution is -2.28. The molecule has 2 N–H and O–H groups in total. The number of carbonyl (C=O) groups excluding carboxylic acids is 1. The van der Waals surface area contributed by atoms with E-state index in [2.05, 4.69) is 10.3 Å². The van der Waals surface area contributed by atoms with Crippen LogP contribution in [0.4, 0.5) is 0 Å². The molecular weight excluding hydrogens is 324 g/mol. The molecule has 0 aliphatic carbocycles. The van der Waals surface area contributed by atoms with Crippen LogP contribution in [-0.4, -0.2) is 22.6 Å². The van der Waals surface area contributed by atoms with Gasteiger partial charge in [0.25, 0.3) is 5.91 Å². The molecule has 3 rings (SSSR count). The van der Waals surface area contributed by atoms with Crippen LogP contribution in [0.1, 0.15) is 5.01 Å². The molecule has 1 aromatic heterocycles. The van der Waals surface area contributed by atoms with Crippen molar-refractivity contribution < 1.29 is 14.6 Å². The molecule has 5 nitrogen and oxygen atoms in total. The van der Waals surface area contributed by atoms with Crippen molar-refractivity contribution in [2.45, 2.75) is 6.54 Å². The Morgan fingerprint density at radius 1 is 1.12 bits per heavy atom. The van der Waals surface area contributed by atoms with Gasteiger partial charge in [0.15, 0.2) is 6.61 Å². The minimum absolute atomic E-state index is 0.0276. The monoisotopic (exact) mass is 340 g/mol. The summed E-state index contributed by atoms with van der Waals surface area (Å²) >= 11 is 1.48. The van der Waals surface area contributed by atoms with Gasteiger partial charge in [0, 0.05) is 10.9 Å². The van der Waals surface area contributed by atoms with E-state index in [1.165, 1.54) is 11.3 Å². The third-order valence-corrected chi connectivity index (χ3v) is 4.11. The van der Waals surface area contributed by atoms with Crippen LogP contribution in [0.3, 0.4) is 0 Å². The van der Waals surface area contributed by atoms with Crippen molar-refractivity contribution in [1.82, 2.24) is 10.3 Å². The number of amides is 1. The smallest absolute Gasteiger partial charge is 0.258 e. The van der Waals surface area contributed by atoms with Gasteiger partial charge in [0.2, 0.25) is 0 Å². The molecule has 0 atom stereocenters. The standard InChI is InChI=1S/C18H16N2O3S/c21-14-8-6-13(7-9-14)16-12-24-18(20-16)10-19-17(22)11-23-15-4-2-1-3-5-15/h1-9,12,21H,10-11H2,(H,19,22). The number of phenolic OH excluding ortho intramolecular Hbond substituents is 1. The number of hydrogen-bond donors (Lipinski definition) is 2. The molecule has 0 saturated heterocycles. The largest absolute Gasteiger partial charge is 0.508 e. The maximum atomic E-state index is 11.8. The molecule has 0 spiro atoms. The molecule has 1 heterocycles. The first-order valence-corrected chi connectivity index (χ1v) is 8.27. The number of ether oxygens (including phenoxy) is 1. The van der Waals surface area contributed by atoms with E-state index >= 15 is 0 Å². The van der Waals surface area contributed by atoms with Crippen molar-refractivity contribution >= 4 is 17.2 Å². The Hall–Kier alpha value is -2.86. The second-order valence-corrected chi connectivity index (χ2v) is 5.99. The lowest BCUT2D eigenvalue weighted by Gasteiger charge is -2.06. The summed E-state index contributed by atoms with van der Waals surface area (Å²) < 4.78 is 5.39. The lowest BCUT2D eigenvalue weighted by molar-refractivity contribution is -0.123. The number of aromatic nitrogens is 1. The van der Waals surface area contributed by atoms with E-state index in [1.807, 2.05) is 23.6 Å². The van der Waals surface area contributed by atoms with Gasteiger partial charge in [0.1, 0.15) is 16.5 Å². The minimum atomic E-state index is -0.194. The first-order valence-electron chi connectivity index (χ1n) is 7.39. The molecule has 0 saturated carbocycles. The van der Waals surface area contributed by atoms with Crippen molar-refractivity contribution in [3.05, 3.63) is 65.0 Å². The molecular formula is C18H16N2O3S. The quantitative estimate of drug-likeness (QED) is 0.723. The van der Waals surface area contributed by atoms with Gasteiger partial charge in [-0.15, -0.1) is 11.3 Å². The molecule has 122 valence electrons. The molecule has 24 heavy (non-hydrogen) atoms.